The van der Waals surface area contributed by atoms with E-state index in [9.17, 15) is 19.1 Å². The van der Waals surface area contributed by atoms with Gasteiger partial charge in [-0.1, -0.05) is 30.3 Å². The van der Waals surface area contributed by atoms with Crippen LogP contribution in [-0.4, -0.2) is 69.1 Å². The number of pyridine rings is 2. The molecule has 45 heavy (non-hydrogen) atoms. The van der Waals surface area contributed by atoms with Crippen LogP contribution in [0.15, 0.2) is 77.9 Å². The van der Waals surface area contributed by atoms with Crippen LogP contribution in [0.2, 0.25) is 0 Å². The predicted molar refractivity (Wildman–Crippen MR) is 168 cm³/mol. The van der Waals surface area contributed by atoms with Crippen LogP contribution in [0.1, 0.15) is 76.2 Å². The van der Waals surface area contributed by atoms with Crippen molar-refractivity contribution in [3.63, 3.8) is 0 Å². The minimum absolute atomic E-state index is 0.142. The summed E-state index contributed by atoms with van der Waals surface area (Å²) in [5.74, 6) is -0.229. The smallest absolute Gasteiger partial charge is 0.256 e. The number of nitrogens with one attached hydrogen (secondary N) is 1. The molecule has 1 fully saturated rings. The topological polar surface area (TPSA) is 125 Å². The van der Waals surface area contributed by atoms with Gasteiger partial charge in [0.05, 0.1) is 40.9 Å². The lowest BCUT2D eigenvalue weighted by molar-refractivity contribution is 0.0715. The van der Waals surface area contributed by atoms with Crippen LogP contribution in [0, 0.1) is 6.92 Å². The van der Waals surface area contributed by atoms with E-state index in [1.54, 1.807) is 35.4 Å². The average molecular weight is 615 g/mol. The fourth-order valence-corrected chi connectivity index (χ4v) is 5.52. The first kappa shape index (κ1) is 31.8. The number of aliphatic hydroxyl groups is 1. The normalized spacial score (nSPS) is 16.3. The van der Waals surface area contributed by atoms with Gasteiger partial charge in [0.25, 0.3) is 11.8 Å². The zero-order valence-corrected chi connectivity index (χ0v) is 26.0. The highest BCUT2D eigenvalue weighted by Gasteiger charge is 2.34. The summed E-state index contributed by atoms with van der Waals surface area (Å²) in [5, 5.41) is 14.4. The Morgan fingerprint density at radius 2 is 1.87 bits per heavy atom. The largest absolute Gasteiger partial charge is 0.446 e. The van der Waals surface area contributed by atoms with Gasteiger partial charge in [-0.15, -0.1) is 0 Å². The molecular formula is C34H39FN6O4. The number of oxazole rings is 1. The molecule has 2 amide bonds. The number of alkyl halides is 1. The van der Waals surface area contributed by atoms with Gasteiger partial charge >= 0.3 is 0 Å². The maximum Gasteiger partial charge on any atom is 0.256 e. The molecule has 3 atom stereocenters. The fourth-order valence-electron chi connectivity index (χ4n) is 5.52. The summed E-state index contributed by atoms with van der Waals surface area (Å²) >= 11 is 0. The molecule has 236 valence electrons. The number of aliphatic hydroxyl groups excluding tert-OH is 1. The highest BCUT2D eigenvalue weighted by Crippen LogP contribution is 2.33. The Labute approximate surface area is 262 Å². The third-order valence-electron chi connectivity index (χ3n) is 8.07. The third kappa shape index (κ3) is 7.72. The van der Waals surface area contributed by atoms with Crippen molar-refractivity contribution >= 4 is 17.5 Å². The molecule has 4 aromatic rings. The SMILES string of the molecule is Cc1coc([C@H]2CCCN2C(=O)c2cncc(C(=O)N[C@@H](Cc3ccccc3)[C@H](O)CN(C)c3cncc(C(C)(C)F)c3)c2)n1. The van der Waals surface area contributed by atoms with Crippen LogP contribution in [-0.2, 0) is 12.1 Å². The van der Waals surface area contributed by atoms with Crippen molar-refractivity contribution < 1.29 is 23.5 Å². The summed E-state index contributed by atoms with van der Waals surface area (Å²) in [6.45, 7) is 5.45. The van der Waals surface area contributed by atoms with E-state index >= 15 is 0 Å². The van der Waals surface area contributed by atoms with Crippen molar-refractivity contribution in [3.05, 3.63) is 107 Å². The fraction of sp³-hybridized carbons (Fsp3) is 0.382. The summed E-state index contributed by atoms with van der Waals surface area (Å²) in [6.07, 6.45) is 8.40. The molecule has 4 heterocycles. The summed E-state index contributed by atoms with van der Waals surface area (Å²) in [4.78, 5) is 43.4. The highest BCUT2D eigenvalue weighted by atomic mass is 19.1. The van der Waals surface area contributed by atoms with Gasteiger partial charge in [-0.05, 0) is 57.7 Å². The minimum atomic E-state index is -1.57. The Hall–Kier alpha value is -4.64. The van der Waals surface area contributed by atoms with E-state index in [2.05, 4.69) is 20.3 Å². The molecule has 0 unspecified atom stereocenters. The molecule has 0 radical (unpaired) electrons. The van der Waals surface area contributed by atoms with E-state index in [4.69, 9.17) is 4.42 Å². The van der Waals surface area contributed by atoms with Gasteiger partial charge in [-0.2, -0.15) is 0 Å². The number of amides is 2. The summed E-state index contributed by atoms with van der Waals surface area (Å²) in [6, 6.07) is 11.8. The summed E-state index contributed by atoms with van der Waals surface area (Å²) < 4.78 is 20.2. The monoisotopic (exact) mass is 614 g/mol. The first-order chi connectivity index (χ1) is 21.5. The number of carbonyl (C=O) groups is 2. The maximum atomic E-state index is 14.6. The van der Waals surface area contributed by atoms with Gasteiger partial charge in [-0.3, -0.25) is 19.6 Å². The van der Waals surface area contributed by atoms with Crippen molar-refractivity contribution in [1.29, 1.82) is 0 Å². The molecule has 1 aliphatic heterocycles. The van der Waals surface area contributed by atoms with E-state index in [0.717, 1.165) is 24.1 Å². The van der Waals surface area contributed by atoms with Crippen molar-refractivity contribution in [2.24, 2.45) is 0 Å². The number of halogens is 1. The van der Waals surface area contributed by atoms with Crippen LogP contribution < -0.4 is 10.2 Å². The molecule has 0 bridgehead atoms. The van der Waals surface area contributed by atoms with Crippen molar-refractivity contribution in [2.75, 3.05) is 25.0 Å². The van der Waals surface area contributed by atoms with Crippen molar-refractivity contribution in [2.45, 2.75) is 63.9 Å². The number of likely N-dealkylation sites (N-methyl/N-ethyl adjacent to an activating group) is 1. The molecule has 3 aromatic heterocycles. The van der Waals surface area contributed by atoms with Gasteiger partial charge < -0.3 is 24.6 Å². The van der Waals surface area contributed by atoms with E-state index in [1.165, 1.54) is 38.5 Å². The zero-order valence-electron chi connectivity index (χ0n) is 26.0. The standard InChI is InChI=1S/C34H39FN6O4/c1-22-21-45-32(38-22)29-11-8-12-41(29)33(44)25-14-24(16-36-17-25)31(43)39-28(13-23-9-6-5-7-10-23)30(42)20-40(4)27-15-26(18-37-19-27)34(2,3)35/h5-7,9-10,14-19,21,28-30,42H,8,11-13,20H2,1-4H3,(H,39,43)/t28-,29+,30+/m0/s1. The molecule has 1 aromatic carbocycles. The molecular weight excluding hydrogens is 575 g/mol. The van der Waals surface area contributed by atoms with E-state index < -0.39 is 23.7 Å². The minimum Gasteiger partial charge on any atom is -0.446 e. The number of hydrogen-bond donors (Lipinski definition) is 2. The lowest BCUT2D eigenvalue weighted by Crippen LogP contribution is -2.49. The van der Waals surface area contributed by atoms with Gasteiger partial charge in [0.1, 0.15) is 18.0 Å². The summed E-state index contributed by atoms with van der Waals surface area (Å²) in [7, 11) is 1.78. The molecule has 11 heteroatoms. The van der Waals surface area contributed by atoms with Crippen LogP contribution in [0.3, 0.4) is 0 Å². The predicted octanol–water partition coefficient (Wildman–Crippen LogP) is 4.79. The lowest BCUT2D eigenvalue weighted by atomic mass is 9.99. The zero-order chi connectivity index (χ0) is 32.1. The molecule has 10 nitrogen and oxygen atoms in total. The molecule has 0 spiro atoms. The van der Waals surface area contributed by atoms with Crippen molar-refractivity contribution in [3.8, 4) is 0 Å². The second-order valence-electron chi connectivity index (χ2n) is 12.1. The number of likely N-dealkylation sites (tertiary alicyclic amines) is 1. The van der Waals surface area contributed by atoms with Gasteiger partial charge in [0.15, 0.2) is 0 Å². The van der Waals surface area contributed by atoms with Crippen LogP contribution >= 0.6 is 0 Å². The molecule has 1 aliphatic rings. The molecule has 2 N–H and O–H groups in total. The Morgan fingerprint density at radius 3 is 2.58 bits per heavy atom. The number of aromatic nitrogens is 3. The quantitative estimate of drug-likeness (QED) is 0.247. The number of nitrogens with zero attached hydrogens (tertiary/aromatic N) is 5. The Bertz CT molecular complexity index is 1620. The van der Waals surface area contributed by atoms with Gasteiger partial charge in [-0.25, -0.2) is 9.37 Å². The number of hydrogen-bond acceptors (Lipinski definition) is 8. The van der Waals surface area contributed by atoms with Crippen molar-refractivity contribution in [1.82, 2.24) is 25.2 Å². The molecule has 0 saturated carbocycles. The number of rotatable bonds is 11. The number of benzene rings is 1. The molecule has 1 saturated heterocycles. The second kappa shape index (κ2) is 13.6. The van der Waals surface area contributed by atoms with E-state index in [-0.39, 0.29) is 29.6 Å². The maximum absolute atomic E-state index is 14.6. The van der Waals surface area contributed by atoms with Crippen LogP contribution in [0.4, 0.5) is 10.1 Å². The highest BCUT2D eigenvalue weighted by molar-refractivity contribution is 5.99. The Morgan fingerprint density at radius 1 is 1.13 bits per heavy atom. The Kier molecular flexibility index (Phi) is 9.57. The van der Waals surface area contributed by atoms with E-state index in [0.29, 0.717) is 30.1 Å². The first-order valence-corrected chi connectivity index (χ1v) is 15.1. The number of aryl methyl sites for hydroxylation is 1. The summed E-state index contributed by atoms with van der Waals surface area (Å²) in [5.41, 5.74) is 1.64. The second-order valence-corrected chi connectivity index (χ2v) is 12.1. The Balaban J connectivity index is 1.32. The lowest BCUT2D eigenvalue weighted by Gasteiger charge is -2.29. The van der Waals surface area contributed by atoms with Gasteiger partial charge in [0.2, 0.25) is 5.89 Å². The van der Waals surface area contributed by atoms with Crippen LogP contribution in [0.25, 0.3) is 0 Å². The number of carbonyl (C=O) groups excluding carboxylic acids is 2. The third-order valence-corrected chi connectivity index (χ3v) is 8.07. The molecule has 0 aliphatic carbocycles. The molecule has 5 rings (SSSR count). The van der Waals surface area contributed by atoms with E-state index in [1.807, 2.05) is 37.3 Å². The number of anilines is 1. The average Bonchev–Trinajstić information content (AvgIpc) is 3.69. The first-order valence-electron chi connectivity index (χ1n) is 15.1. The van der Waals surface area contributed by atoms with Crippen LogP contribution in [0.5, 0.6) is 0 Å². The van der Waals surface area contributed by atoms with Gasteiger partial charge in [0, 0.05) is 44.3 Å².